The molecular weight excluding hydrogens is 228 g/mol. The Bertz CT molecular complexity index is 429. The van der Waals surface area contributed by atoms with E-state index >= 15 is 0 Å². The molecule has 4 aliphatic rings. The van der Waals surface area contributed by atoms with Crippen molar-refractivity contribution in [3.8, 4) is 0 Å². The minimum Gasteiger partial charge on any atom is -0.481 e. The molecule has 3 heteroatoms. The predicted octanol–water partition coefficient (Wildman–Crippen LogP) is 2.69. The van der Waals surface area contributed by atoms with Crippen molar-refractivity contribution in [1.29, 1.82) is 0 Å². The standard InChI is InChI=1S/C15H22O3/c1-13(2)7-9-10-11(13)18-8-14(10)5-3-4-6-15(9,14)12(16)17/h9-11H,3-8H2,1-2H3,(H,16,17)/t9-,10-,11-,14+,15+/m0/s1. The van der Waals surface area contributed by atoms with Crippen LogP contribution in [-0.4, -0.2) is 23.8 Å². The Balaban J connectivity index is 1.86. The number of fused-ring (bicyclic) bond motifs is 1. The molecule has 5 atom stereocenters. The van der Waals surface area contributed by atoms with Gasteiger partial charge >= 0.3 is 5.97 Å². The van der Waals surface area contributed by atoms with Crippen molar-refractivity contribution in [1.82, 2.24) is 0 Å². The second-order valence-corrected chi connectivity index (χ2v) is 7.70. The molecule has 0 aromatic carbocycles. The molecule has 3 aliphatic carbocycles. The highest BCUT2D eigenvalue weighted by Gasteiger charge is 2.83. The van der Waals surface area contributed by atoms with E-state index in [1.54, 1.807) is 0 Å². The van der Waals surface area contributed by atoms with Gasteiger partial charge in [0.1, 0.15) is 0 Å². The first-order valence-corrected chi connectivity index (χ1v) is 7.31. The van der Waals surface area contributed by atoms with Crippen molar-refractivity contribution in [3.05, 3.63) is 0 Å². The van der Waals surface area contributed by atoms with Gasteiger partial charge in [-0.15, -0.1) is 0 Å². The summed E-state index contributed by atoms with van der Waals surface area (Å²) in [7, 11) is 0. The van der Waals surface area contributed by atoms with Crippen molar-refractivity contribution in [2.45, 2.75) is 52.1 Å². The molecule has 0 unspecified atom stereocenters. The van der Waals surface area contributed by atoms with Crippen molar-refractivity contribution in [3.63, 3.8) is 0 Å². The number of rotatable bonds is 1. The van der Waals surface area contributed by atoms with Crippen molar-refractivity contribution in [2.24, 2.45) is 28.1 Å². The largest absolute Gasteiger partial charge is 0.481 e. The lowest BCUT2D eigenvalue weighted by molar-refractivity contribution is -0.222. The number of carboxylic acids is 1. The smallest absolute Gasteiger partial charge is 0.310 e. The fraction of sp³-hybridized carbons (Fsp3) is 0.933. The molecule has 0 amide bonds. The third-order valence-electron chi connectivity index (χ3n) is 6.78. The van der Waals surface area contributed by atoms with Gasteiger partial charge in [-0.1, -0.05) is 26.7 Å². The first-order chi connectivity index (χ1) is 8.46. The quantitative estimate of drug-likeness (QED) is 0.778. The zero-order chi connectivity index (χ0) is 12.8. The summed E-state index contributed by atoms with van der Waals surface area (Å²) in [6, 6.07) is 0. The Kier molecular flexibility index (Phi) is 1.85. The molecule has 0 aromatic heterocycles. The number of aliphatic carboxylic acids is 1. The molecule has 0 bridgehead atoms. The highest BCUT2D eigenvalue weighted by molar-refractivity contribution is 5.79. The minimum absolute atomic E-state index is 0.0137. The summed E-state index contributed by atoms with van der Waals surface area (Å²) in [5.74, 6) is 0.368. The third-order valence-corrected chi connectivity index (χ3v) is 6.78. The molecule has 100 valence electrons. The van der Waals surface area contributed by atoms with Gasteiger partial charge < -0.3 is 9.84 Å². The summed E-state index contributed by atoms with van der Waals surface area (Å²) in [6.45, 7) is 5.22. The Morgan fingerprint density at radius 2 is 2.00 bits per heavy atom. The van der Waals surface area contributed by atoms with Gasteiger partial charge in [0.15, 0.2) is 0 Å². The van der Waals surface area contributed by atoms with Crippen LogP contribution in [0.15, 0.2) is 0 Å². The van der Waals surface area contributed by atoms with Gasteiger partial charge in [0.25, 0.3) is 0 Å². The molecule has 1 heterocycles. The maximum atomic E-state index is 12.0. The van der Waals surface area contributed by atoms with E-state index in [9.17, 15) is 9.90 Å². The van der Waals surface area contributed by atoms with Gasteiger partial charge in [0.2, 0.25) is 0 Å². The molecule has 18 heavy (non-hydrogen) atoms. The van der Waals surface area contributed by atoms with E-state index in [0.29, 0.717) is 24.5 Å². The van der Waals surface area contributed by atoms with Crippen LogP contribution in [0.3, 0.4) is 0 Å². The molecular formula is C15H22O3. The van der Waals surface area contributed by atoms with Gasteiger partial charge in [-0.3, -0.25) is 4.79 Å². The first-order valence-electron chi connectivity index (χ1n) is 7.31. The van der Waals surface area contributed by atoms with E-state index in [1.165, 1.54) is 6.42 Å². The topological polar surface area (TPSA) is 46.5 Å². The summed E-state index contributed by atoms with van der Waals surface area (Å²) in [5, 5.41) is 9.90. The first kappa shape index (κ1) is 11.3. The summed E-state index contributed by atoms with van der Waals surface area (Å²) < 4.78 is 6.12. The highest BCUT2D eigenvalue weighted by Crippen LogP contribution is 2.80. The number of carboxylic acid groups (broad SMARTS) is 1. The third kappa shape index (κ3) is 0.880. The van der Waals surface area contributed by atoms with Gasteiger partial charge in [-0.05, 0) is 36.5 Å². The molecule has 3 saturated carbocycles. The second kappa shape index (κ2) is 2.95. The number of hydrogen-bond acceptors (Lipinski definition) is 2. The summed E-state index contributed by atoms with van der Waals surface area (Å²) in [6.07, 6.45) is 5.59. The van der Waals surface area contributed by atoms with E-state index in [2.05, 4.69) is 13.8 Å². The van der Waals surface area contributed by atoms with Crippen molar-refractivity contribution < 1.29 is 14.6 Å². The maximum Gasteiger partial charge on any atom is 0.310 e. The molecule has 1 aliphatic heterocycles. The van der Waals surface area contributed by atoms with E-state index < -0.39 is 11.4 Å². The van der Waals surface area contributed by atoms with Crippen LogP contribution in [0.4, 0.5) is 0 Å². The fourth-order valence-corrected chi connectivity index (χ4v) is 6.24. The Labute approximate surface area is 108 Å². The van der Waals surface area contributed by atoms with Crippen molar-refractivity contribution in [2.75, 3.05) is 6.61 Å². The predicted molar refractivity (Wildman–Crippen MR) is 66.1 cm³/mol. The lowest BCUT2D eigenvalue weighted by Gasteiger charge is -2.65. The Morgan fingerprint density at radius 3 is 2.72 bits per heavy atom. The Hall–Kier alpha value is -0.570. The lowest BCUT2D eigenvalue weighted by atomic mass is 9.35. The van der Waals surface area contributed by atoms with Crippen LogP contribution in [0.2, 0.25) is 0 Å². The zero-order valence-corrected chi connectivity index (χ0v) is 11.2. The number of carbonyl (C=O) groups is 1. The van der Waals surface area contributed by atoms with Gasteiger partial charge in [-0.25, -0.2) is 0 Å². The molecule has 0 radical (unpaired) electrons. The van der Waals surface area contributed by atoms with E-state index in [4.69, 9.17) is 4.74 Å². The number of hydrogen-bond donors (Lipinski definition) is 1. The van der Waals surface area contributed by atoms with Gasteiger partial charge in [-0.2, -0.15) is 0 Å². The molecule has 3 nitrogen and oxygen atoms in total. The molecule has 4 fully saturated rings. The maximum absolute atomic E-state index is 12.0. The van der Waals surface area contributed by atoms with Gasteiger partial charge in [0.05, 0.1) is 18.1 Å². The molecule has 1 spiro atoms. The lowest BCUT2D eigenvalue weighted by Crippen LogP contribution is -2.68. The van der Waals surface area contributed by atoms with Crippen LogP contribution in [0, 0.1) is 28.1 Å². The number of ether oxygens (including phenoxy) is 1. The van der Waals surface area contributed by atoms with Crippen LogP contribution in [0.25, 0.3) is 0 Å². The van der Waals surface area contributed by atoms with E-state index in [1.807, 2.05) is 0 Å². The molecule has 1 N–H and O–H groups in total. The van der Waals surface area contributed by atoms with E-state index in [0.717, 1.165) is 25.7 Å². The monoisotopic (exact) mass is 250 g/mol. The SMILES string of the molecule is CC1(C)C[C@H]2[C@H]3[C@@H]1OC[C@]31CCCC[C@]21C(=O)O. The van der Waals surface area contributed by atoms with E-state index in [-0.39, 0.29) is 10.8 Å². The Morgan fingerprint density at radius 1 is 1.28 bits per heavy atom. The second-order valence-electron chi connectivity index (χ2n) is 7.70. The molecule has 0 aromatic rings. The zero-order valence-electron chi connectivity index (χ0n) is 11.2. The van der Waals surface area contributed by atoms with Crippen molar-refractivity contribution >= 4 is 5.97 Å². The van der Waals surface area contributed by atoms with Crippen LogP contribution in [-0.2, 0) is 9.53 Å². The minimum atomic E-state index is -0.537. The van der Waals surface area contributed by atoms with Crippen LogP contribution < -0.4 is 0 Å². The molecule has 4 rings (SSSR count). The average molecular weight is 250 g/mol. The van der Waals surface area contributed by atoms with Crippen LogP contribution >= 0.6 is 0 Å². The normalized spacial score (nSPS) is 55.6. The van der Waals surface area contributed by atoms with Crippen LogP contribution in [0.5, 0.6) is 0 Å². The summed E-state index contributed by atoms with van der Waals surface area (Å²) >= 11 is 0. The summed E-state index contributed by atoms with van der Waals surface area (Å²) in [4.78, 5) is 12.0. The van der Waals surface area contributed by atoms with Gasteiger partial charge in [0, 0.05) is 5.41 Å². The average Bonchev–Trinajstić information content (AvgIpc) is 2.73. The molecule has 1 saturated heterocycles. The summed E-state index contributed by atoms with van der Waals surface area (Å²) in [5.41, 5.74) is -0.294. The highest BCUT2D eigenvalue weighted by atomic mass is 16.5. The fourth-order valence-electron chi connectivity index (χ4n) is 6.24. The van der Waals surface area contributed by atoms with Crippen LogP contribution in [0.1, 0.15) is 46.0 Å².